The molecule has 0 bridgehead atoms. The molecule has 2 aromatic carbocycles. The highest BCUT2D eigenvalue weighted by atomic mass is 35.5. The molecule has 0 aliphatic heterocycles. The van der Waals surface area contributed by atoms with Gasteiger partial charge in [0, 0.05) is 39.0 Å². The molecule has 0 fully saturated rings. The fraction of sp³-hybridized carbons (Fsp3) is 0.273. The van der Waals surface area contributed by atoms with E-state index in [0.717, 1.165) is 10.9 Å². The summed E-state index contributed by atoms with van der Waals surface area (Å²) >= 11 is 12.3. The number of ether oxygens (including phenoxy) is 2. The minimum Gasteiger partial charge on any atom is -0.489 e. The SMILES string of the molecule is CCOC(=O)CCc1c(C)c2ccc(OCc3c(Cl)cccc3Cl)cc2oc1=O. The minimum absolute atomic E-state index is 0.130. The van der Waals surface area contributed by atoms with E-state index in [9.17, 15) is 9.59 Å². The van der Waals surface area contributed by atoms with Crippen LogP contribution in [0.5, 0.6) is 5.75 Å². The average molecular weight is 435 g/mol. The molecule has 29 heavy (non-hydrogen) atoms. The van der Waals surface area contributed by atoms with Gasteiger partial charge in [0.1, 0.15) is 17.9 Å². The van der Waals surface area contributed by atoms with Gasteiger partial charge < -0.3 is 13.9 Å². The van der Waals surface area contributed by atoms with Crippen LogP contribution >= 0.6 is 23.2 Å². The van der Waals surface area contributed by atoms with Crippen molar-refractivity contribution in [2.45, 2.75) is 33.3 Å². The summed E-state index contributed by atoms with van der Waals surface area (Å²) in [5.74, 6) is 0.184. The van der Waals surface area contributed by atoms with Crippen molar-refractivity contribution in [3.05, 3.63) is 73.6 Å². The number of carbonyl (C=O) groups excluding carboxylic acids is 1. The number of rotatable bonds is 7. The maximum absolute atomic E-state index is 12.4. The molecular weight excluding hydrogens is 415 g/mol. The number of carbonyl (C=O) groups is 1. The Balaban J connectivity index is 1.82. The van der Waals surface area contributed by atoms with Gasteiger partial charge in [-0.1, -0.05) is 29.3 Å². The van der Waals surface area contributed by atoms with Crippen molar-refractivity contribution in [1.82, 2.24) is 0 Å². The Bertz CT molecular complexity index is 1080. The lowest BCUT2D eigenvalue weighted by molar-refractivity contribution is -0.143. The summed E-state index contributed by atoms with van der Waals surface area (Å²) < 4.78 is 16.2. The van der Waals surface area contributed by atoms with Crippen molar-refractivity contribution >= 4 is 40.1 Å². The second-order valence-electron chi connectivity index (χ2n) is 6.44. The second-order valence-corrected chi connectivity index (χ2v) is 7.26. The number of fused-ring (bicyclic) bond motifs is 1. The van der Waals surface area contributed by atoms with Gasteiger partial charge in [0.05, 0.1) is 6.61 Å². The van der Waals surface area contributed by atoms with E-state index in [0.29, 0.717) is 39.1 Å². The number of aryl methyl sites for hydroxylation is 1. The largest absolute Gasteiger partial charge is 0.489 e. The highest BCUT2D eigenvalue weighted by Crippen LogP contribution is 2.28. The van der Waals surface area contributed by atoms with E-state index in [4.69, 9.17) is 37.1 Å². The standard InChI is InChI=1S/C22H20Cl2O5/c1-3-27-21(25)10-9-16-13(2)15-8-7-14(11-20(15)29-22(16)26)28-12-17-18(23)5-4-6-19(17)24/h4-8,11H,3,9-10,12H2,1-2H3. The van der Waals surface area contributed by atoms with E-state index >= 15 is 0 Å². The van der Waals surface area contributed by atoms with Gasteiger partial charge in [-0.05, 0) is 50.1 Å². The van der Waals surface area contributed by atoms with Gasteiger partial charge in [-0.2, -0.15) is 0 Å². The fourth-order valence-electron chi connectivity index (χ4n) is 3.04. The normalized spacial score (nSPS) is 10.9. The number of hydrogen-bond acceptors (Lipinski definition) is 5. The van der Waals surface area contributed by atoms with Crippen molar-refractivity contribution in [1.29, 1.82) is 0 Å². The van der Waals surface area contributed by atoms with Gasteiger partial charge in [0.25, 0.3) is 0 Å². The molecule has 0 atom stereocenters. The molecule has 1 aromatic heterocycles. The lowest BCUT2D eigenvalue weighted by atomic mass is 10.0. The molecule has 0 spiro atoms. The lowest BCUT2D eigenvalue weighted by Crippen LogP contribution is -2.13. The van der Waals surface area contributed by atoms with Crippen molar-refractivity contribution in [2.75, 3.05) is 6.61 Å². The van der Waals surface area contributed by atoms with Crippen LogP contribution in [0.1, 0.15) is 30.0 Å². The zero-order valence-electron chi connectivity index (χ0n) is 16.1. The van der Waals surface area contributed by atoms with Gasteiger partial charge in [0.2, 0.25) is 0 Å². The molecule has 1 heterocycles. The predicted molar refractivity (Wildman–Crippen MR) is 113 cm³/mol. The topological polar surface area (TPSA) is 65.7 Å². The van der Waals surface area contributed by atoms with E-state index in [-0.39, 0.29) is 25.4 Å². The third kappa shape index (κ3) is 4.92. The first-order valence-corrected chi connectivity index (χ1v) is 9.94. The summed E-state index contributed by atoms with van der Waals surface area (Å²) in [6.07, 6.45) is 0.400. The Morgan fingerprint density at radius 3 is 2.52 bits per heavy atom. The van der Waals surface area contributed by atoms with Crippen LogP contribution in [0.3, 0.4) is 0 Å². The molecule has 3 aromatic rings. The number of benzene rings is 2. The van der Waals surface area contributed by atoms with E-state index in [1.807, 2.05) is 13.0 Å². The molecular formula is C22H20Cl2O5. The third-order valence-electron chi connectivity index (χ3n) is 4.59. The summed E-state index contributed by atoms with van der Waals surface area (Å²) in [6, 6.07) is 10.5. The third-order valence-corrected chi connectivity index (χ3v) is 5.30. The van der Waals surface area contributed by atoms with E-state index in [1.165, 1.54) is 0 Å². The maximum atomic E-state index is 12.4. The van der Waals surface area contributed by atoms with Crippen molar-refractivity contribution in [3.63, 3.8) is 0 Å². The van der Waals surface area contributed by atoms with E-state index in [1.54, 1.807) is 37.3 Å². The zero-order chi connectivity index (χ0) is 21.0. The Hall–Kier alpha value is -2.50. The first kappa shape index (κ1) is 21.2. The van der Waals surface area contributed by atoms with Crippen molar-refractivity contribution in [3.8, 4) is 5.75 Å². The Morgan fingerprint density at radius 1 is 1.10 bits per heavy atom. The molecule has 7 heteroatoms. The van der Waals surface area contributed by atoms with Crippen LogP contribution in [0.2, 0.25) is 10.0 Å². The van der Waals surface area contributed by atoms with Crippen LogP contribution in [0.4, 0.5) is 0 Å². The number of esters is 1. The minimum atomic E-state index is -0.467. The average Bonchev–Trinajstić information content (AvgIpc) is 2.67. The molecule has 3 rings (SSSR count). The zero-order valence-corrected chi connectivity index (χ0v) is 17.6. The van der Waals surface area contributed by atoms with Crippen LogP contribution in [-0.4, -0.2) is 12.6 Å². The van der Waals surface area contributed by atoms with Crippen LogP contribution in [0.25, 0.3) is 11.0 Å². The lowest BCUT2D eigenvalue weighted by Gasteiger charge is -2.11. The predicted octanol–water partition coefficient (Wildman–Crippen LogP) is 5.48. The summed E-state index contributed by atoms with van der Waals surface area (Å²) in [5.41, 5.74) is 1.88. The Morgan fingerprint density at radius 2 is 1.83 bits per heavy atom. The summed E-state index contributed by atoms with van der Waals surface area (Å²) in [5, 5.41) is 1.82. The first-order chi connectivity index (χ1) is 13.9. The van der Waals surface area contributed by atoms with Crippen molar-refractivity contribution in [2.24, 2.45) is 0 Å². The Labute approximate surface area is 178 Å². The van der Waals surface area contributed by atoms with Gasteiger partial charge in [-0.3, -0.25) is 4.79 Å². The number of halogens is 2. The summed E-state index contributed by atoms with van der Waals surface area (Å²) in [6.45, 7) is 4.08. The van der Waals surface area contributed by atoms with Crippen LogP contribution in [-0.2, 0) is 22.6 Å². The molecule has 0 aliphatic rings. The molecule has 0 unspecified atom stereocenters. The second kappa shape index (κ2) is 9.33. The molecule has 152 valence electrons. The van der Waals surface area contributed by atoms with Crippen LogP contribution < -0.4 is 10.4 Å². The van der Waals surface area contributed by atoms with Crippen molar-refractivity contribution < 1.29 is 18.7 Å². The smallest absolute Gasteiger partial charge is 0.339 e. The maximum Gasteiger partial charge on any atom is 0.339 e. The molecule has 0 radical (unpaired) electrons. The van der Waals surface area contributed by atoms with Gasteiger partial charge in [0.15, 0.2) is 0 Å². The van der Waals surface area contributed by atoms with Crippen LogP contribution in [0.15, 0.2) is 45.6 Å². The van der Waals surface area contributed by atoms with Gasteiger partial charge in [-0.25, -0.2) is 4.79 Å². The quantitative estimate of drug-likeness (QED) is 0.363. The molecule has 0 saturated heterocycles. The summed E-state index contributed by atoms with van der Waals surface area (Å²) in [4.78, 5) is 24.0. The van der Waals surface area contributed by atoms with E-state index < -0.39 is 5.63 Å². The van der Waals surface area contributed by atoms with Gasteiger partial charge >= 0.3 is 11.6 Å². The molecule has 0 amide bonds. The molecule has 5 nitrogen and oxygen atoms in total. The van der Waals surface area contributed by atoms with Crippen LogP contribution in [0, 0.1) is 6.92 Å². The summed E-state index contributed by atoms with van der Waals surface area (Å²) in [7, 11) is 0. The molecule has 0 N–H and O–H groups in total. The highest BCUT2D eigenvalue weighted by molar-refractivity contribution is 6.35. The fourth-order valence-corrected chi connectivity index (χ4v) is 3.55. The monoisotopic (exact) mass is 434 g/mol. The Kier molecular flexibility index (Phi) is 6.83. The first-order valence-electron chi connectivity index (χ1n) is 9.18. The highest BCUT2D eigenvalue weighted by Gasteiger charge is 2.14. The number of hydrogen-bond donors (Lipinski definition) is 0. The molecule has 0 aliphatic carbocycles. The van der Waals surface area contributed by atoms with Gasteiger partial charge in [-0.15, -0.1) is 0 Å². The van der Waals surface area contributed by atoms with E-state index in [2.05, 4.69) is 0 Å². The molecule has 0 saturated carbocycles.